The minimum Gasteiger partial charge on any atom is -0.493 e. The second-order valence-electron chi connectivity index (χ2n) is 6.99. The molecule has 0 spiro atoms. The van der Waals surface area contributed by atoms with Gasteiger partial charge in [0.25, 0.3) is 5.91 Å². The first-order valence-electron chi connectivity index (χ1n) is 9.50. The molecule has 1 amide bonds. The molecule has 6 heteroatoms. The predicted octanol–water partition coefficient (Wildman–Crippen LogP) is 3.81. The van der Waals surface area contributed by atoms with E-state index in [0.29, 0.717) is 17.9 Å². The number of rotatable bonds is 4. The number of thiophene rings is 1. The fraction of sp³-hybridized carbons (Fsp3) is 0.429. The van der Waals surface area contributed by atoms with Crippen molar-refractivity contribution in [2.24, 2.45) is 0 Å². The fourth-order valence-electron chi connectivity index (χ4n) is 3.70. The van der Waals surface area contributed by atoms with Crippen molar-refractivity contribution < 1.29 is 19.1 Å². The smallest absolute Gasteiger partial charge is 0.348 e. The molecule has 0 saturated heterocycles. The van der Waals surface area contributed by atoms with E-state index in [4.69, 9.17) is 9.47 Å². The predicted molar refractivity (Wildman–Crippen MR) is 103 cm³/mol. The van der Waals surface area contributed by atoms with Crippen LogP contribution in [0, 0.1) is 0 Å². The number of para-hydroxylation sites is 1. The molecule has 0 radical (unpaired) electrons. The molecule has 1 N–H and O–H groups in total. The van der Waals surface area contributed by atoms with Crippen molar-refractivity contribution >= 4 is 23.2 Å². The van der Waals surface area contributed by atoms with Crippen LogP contribution in [0.25, 0.3) is 0 Å². The summed E-state index contributed by atoms with van der Waals surface area (Å²) in [7, 11) is 0. The highest BCUT2D eigenvalue weighted by Crippen LogP contribution is 2.32. The van der Waals surface area contributed by atoms with E-state index in [0.717, 1.165) is 24.2 Å². The Balaban J connectivity index is 1.33. The molecule has 2 aliphatic rings. The van der Waals surface area contributed by atoms with Crippen molar-refractivity contribution in [1.82, 2.24) is 5.32 Å². The quantitative estimate of drug-likeness (QED) is 0.642. The Morgan fingerprint density at radius 1 is 1.19 bits per heavy atom. The zero-order valence-electron chi connectivity index (χ0n) is 15.2. The van der Waals surface area contributed by atoms with Crippen molar-refractivity contribution in [3.8, 4) is 5.75 Å². The number of ether oxygens (including phenoxy) is 2. The van der Waals surface area contributed by atoms with E-state index >= 15 is 0 Å². The minimum atomic E-state index is -0.407. The zero-order chi connectivity index (χ0) is 18.6. The number of fused-ring (bicyclic) bond motifs is 2. The lowest BCUT2D eigenvalue weighted by atomic mass is 10.0. The number of nitrogens with one attached hydrogen (secondary N) is 1. The molecule has 5 nitrogen and oxygen atoms in total. The monoisotopic (exact) mass is 385 g/mol. The molecule has 2 aromatic rings. The summed E-state index contributed by atoms with van der Waals surface area (Å²) in [5, 5.41) is 2.95. The van der Waals surface area contributed by atoms with Gasteiger partial charge < -0.3 is 14.8 Å². The molecule has 142 valence electrons. The van der Waals surface area contributed by atoms with Crippen molar-refractivity contribution in [2.45, 2.75) is 44.6 Å². The van der Waals surface area contributed by atoms with Crippen molar-refractivity contribution in [3.63, 3.8) is 0 Å². The van der Waals surface area contributed by atoms with E-state index in [-0.39, 0.29) is 18.6 Å². The van der Waals surface area contributed by atoms with Gasteiger partial charge in [0.1, 0.15) is 10.6 Å². The summed E-state index contributed by atoms with van der Waals surface area (Å²) >= 11 is 1.51. The lowest BCUT2D eigenvalue weighted by Gasteiger charge is -2.26. The number of benzene rings is 1. The van der Waals surface area contributed by atoms with Gasteiger partial charge in [-0.15, -0.1) is 11.3 Å². The summed E-state index contributed by atoms with van der Waals surface area (Å²) in [4.78, 5) is 26.5. The van der Waals surface area contributed by atoms with Crippen molar-refractivity contribution in [3.05, 3.63) is 51.2 Å². The second kappa shape index (κ2) is 8.13. The molecule has 2 heterocycles. The van der Waals surface area contributed by atoms with Gasteiger partial charge in [0.15, 0.2) is 6.61 Å². The van der Waals surface area contributed by atoms with E-state index in [2.05, 4.69) is 5.32 Å². The van der Waals surface area contributed by atoms with Gasteiger partial charge in [0.05, 0.1) is 12.6 Å². The van der Waals surface area contributed by atoms with Crippen LogP contribution in [0.5, 0.6) is 5.75 Å². The average Bonchev–Trinajstić information content (AvgIpc) is 2.97. The number of amides is 1. The van der Waals surface area contributed by atoms with Crippen LogP contribution in [-0.4, -0.2) is 25.1 Å². The summed E-state index contributed by atoms with van der Waals surface area (Å²) in [5.74, 6) is 0.102. The average molecular weight is 385 g/mol. The lowest BCUT2D eigenvalue weighted by Crippen LogP contribution is -2.35. The maximum Gasteiger partial charge on any atom is 0.348 e. The fourth-order valence-corrected chi connectivity index (χ4v) is 4.85. The molecule has 1 aromatic carbocycles. The van der Waals surface area contributed by atoms with Gasteiger partial charge in [-0.2, -0.15) is 0 Å². The summed E-state index contributed by atoms with van der Waals surface area (Å²) in [6.45, 7) is 0.295. The second-order valence-corrected chi connectivity index (χ2v) is 8.13. The van der Waals surface area contributed by atoms with E-state index in [1.165, 1.54) is 41.0 Å². The Kier molecular flexibility index (Phi) is 5.43. The highest BCUT2D eigenvalue weighted by Gasteiger charge is 2.23. The van der Waals surface area contributed by atoms with E-state index in [9.17, 15) is 9.59 Å². The minimum absolute atomic E-state index is 0.112. The SMILES string of the molecule is O=C(COC(=O)c1cc2c(s1)CCCCC2)N[C@H]1CCOc2ccccc21. The standard InChI is InChI=1S/C21H23NO4S/c23-20(22-16-10-11-25-17-8-5-4-7-15(16)17)13-26-21(24)19-12-14-6-2-1-3-9-18(14)27-19/h4-5,7-8,12,16H,1-3,6,9-11,13H2,(H,22,23)/t16-/m0/s1. The maximum atomic E-state index is 12.3. The summed E-state index contributed by atoms with van der Waals surface area (Å²) in [6, 6.07) is 9.51. The molecular weight excluding hydrogens is 362 g/mol. The molecule has 0 unspecified atom stereocenters. The summed E-state index contributed by atoms with van der Waals surface area (Å²) in [5.41, 5.74) is 2.23. The number of carbonyl (C=O) groups is 2. The Morgan fingerprint density at radius 3 is 2.96 bits per heavy atom. The van der Waals surface area contributed by atoms with Crippen LogP contribution in [0.2, 0.25) is 0 Å². The largest absolute Gasteiger partial charge is 0.493 e. The van der Waals surface area contributed by atoms with Crippen LogP contribution >= 0.6 is 11.3 Å². The van der Waals surface area contributed by atoms with Crippen LogP contribution in [0.15, 0.2) is 30.3 Å². The molecule has 27 heavy (non-hydrogen) atoms. The van der Waals surface area contributed by atoms with E-state index in [1.807, 2.05) is 30.3 Å². The molecule has 1 aliphatic heterocycles. The molecule has 1 aliphatic carbocycles. The van der Waals surface area contributed by atoms with Gasteiger partial charge in [-0.25, -0.2) is 4.79 Å². The first kappa shape index (κ1) is 18.0. The normalized spacial score (nSPS) is 18.4. The summed E-state index contributed by atoms with van der Waals surface area (Å²) < 4.78 is 10.9. The van der Waals surface area contributed by atoms with Crippen LogP contribution in [0.1, 0.15) is 57.4 Å². The third kappa shape index (κ3) is 4.16. The van der Waals surface area contributed by atoms with Crippen LogP contribution < -0.4 is 10.1 Å². The topological polar surface area (TPSA) is 64.6 Å². The highest BCUT2D eigenvalue weighted by molar-refractivity contribution is 7.14. The van der Waals surface area contributed by atoms with Gasteiger partial charge in [-0.1, -0.05) is 24.6 Å². The molecular formula is C21H23NO4S. The first-order chi connectivity index (χ1) is 13.2. The number of hydrogen-bond donors (Lipinski definition) is 1. The van der Waals surface area contributed by atoms with Crippen molar-refractivity contribution in [1.29, 1.82) is 0 Å². The Morgan fingerprint density at radius 2 is 2.04 bits per heavy atom. The molecule has 0 fully saturated rings. The third-order valence-corrected chi connectivity index (χ3v) is 6.29. The van der Waals surface area contributed by atoms with Gasteiger partial charge in [-0.3, -0.25) is 4.79 Å². The Hall–Kier alpha value is -2.34. The highest BCUT2D eigenvalue weighted by atomic mass is 32.1. The summed E-state index contributed by atoms with van der Waals surface area (Å²) in [6.07, 6.45) is 6.37. The number of esters is 1. The molecule has 1 atom stereocenters. The molecule has 0 saturated carbocycles. The van der Waals surface area contributed by atoms with Gasteiger partial charge in [-0.05, 0) is 43.4 Å². The number of hydrogen-bond acceptors (Lipinski definition) is 5. The Bertz CT molecular complexity index is 821. The van der Waals surface area contributed by atoms with Crippen LogP contribution in [-0.2, 0) is 22.4 Å². The lowest BCUT2D eigenvalue weighted by molar-refractivity contribution is -0.125. The van der Waals surface area contributed by atoms with Crippen LogP contribution in [0.4, 0.5) is 0 Å². The maximum absolute atomic E-state index is 12.3. The Labute approximate surface area is 162 Å². The van der Waals surface area contributed by atoms with Crippen LogP contribution in [0.3, 0.4) is 0 Å². The first-order valence-corrected chi connectivity index (χ1v) is 10.3. The zero-order valence-corrected chi connectivity index (χ0v) is 16.0. The molecule has 0 bridgehead atoms. The van der Waals surface area contributed by atoms with Gasteiger partial charge in [0.2, 0.25) is 0 Å². The third-order valence-electron chi connectivity index (χ3n) is 5.08. The van der Waals surface area contributed by atoms with E-state index < -0.39 is 5.97 Å². The molecule has 1 aromatic heterocycles. The van der Waals surface area contributed by atoms with Gasteiger partial charge >= 0.3 is 5.97 Å². The van der Waals surface area contributed by atoms with Gasteiger partial charge in [0, 0.05) is 16.9 Å². The number of aryl methyl sites for hydroxylation is 2. The molecule has 4 rings (SSSR count). The van der Waals surface area contributed by atoms with E-state index in [1.54, 1.807) is 0 Å². The number of carbonyl (C=O) groups excluding carboxylic acids is 2. The van der Waals surface area contributed by atoms with Crippen molar-refractivity contribution in [2.75, 3.05) is 13.2 Å².